The van der Waals surface area contributed by atoms with Crippen LogP contribution in [-0.2, 0) is 47.5 Å². The first-order valence-corrected chi connectivity index (χ1v) is 22.8. The Labute approximate surface area is 385 Å². The summed E-state index contributed by atoms with van der Waals surface area (Å²) in [6.45, 7) is 15.9. The van der Waals surface area contributed by atoms with Crippen LogP contribution >= 0.6 is 0 Å². The van der Waals surface area contributed by atoms with Gasteiger partial charge < -0.3 is 58.5 Å². The van der Waals surface area contributed by atoms with Crippen LogP contribution in [0.2, 0.25) is 0 Å². The third kappa shape index (κ3) is 8.43. The molecule has 3 aliphatic carbocycles. The molecule has 2 aromatic rings. The van der Waals surface area contributed by atoms with Gasteiger partial charge in [-0.3, -0.25) is 9.69 Å². The highest BCUT2D eigenvalue weighted by atomic mass is 16.7. The van der Waals surface area contributed by atoms with Gasteiger partial charge in [0.2, 0.25) is 0 Å². The quantitative estimate of drug-likeness (QED) is 0.152. The molecule has 3 aliphatic heterocycles. The Morgan fingerprint density at radius 1 is 0.955 bits per heavy atom. The van der Waals surface area contributed by atoms with Crippen LogP contribution in [0.15, 0.2) is 71.8 Å². The lowest BCUT2D eigenvalue weighted by Gasteiger charge is -2.68. The fraction of sp³-hybridized carbons (Fsp3) is 0.633. The van der Waals surface area contributed by atoms with Crippen molar-refractivity contribution >= 4 is 24.0 Å². The predicted octanol–water partition coefficient (Wildman–Crippen LogP) is 3.77. The van der Waals surface area contributed by atoms with Crippen molar-refractivity contribution in [3.8, 4) is 0 Å². The van der Waals surface area contributed by atoms with Crippen molar-refractivity contribution in [2.45, 2.75) is 140 Å². The van der Waals surface area contributed by atoms with Crippen LogP contribution in [0.4, 0.5) is 4.79 Å². The summed E-state index contributed by atoms with van der Waals surface area (Å²) in [6.07, 6.45) is -11.1. The maximum absolute atomic E-state index is 14.5. The number of fused-ring (bicyclic) bond motifs is 8. The summed E-state index contributed by atoms with van der Waals surface area (Å²) in [6, 6.07) is 15.3. The number of nitrogens with zero attached hydrogens (tertiary/aromatic N) is 1. The molecule has 360 valence electrons. The summed E-state index contributed by atoms with van der Waals surface area (Å²) >= 11 is 0. The second kappa shape index (κ2) is 17.9. The highest BCUT2D eigenvalue weighted by Gasteiger charge is 2.79. The van der Waals surface area contributed by atoms with E-state index < -0.39 is 119 Å². The van der Waals surface area contributed by atoms with Crippen LogP contribution < -0.4 is 5.32 Å². The molecule has 3 heterocycles. The van der Waals surface area contributed by atoms with E-state index in [4.69, 9.17) is 37.9 Å². The smallest absolute Gasteiger partial charge is 0.408 e. The SMILES string of the molecule is CC(=O)O[C@@]12CO[C@@H]1C[C@H](O)[C@@]1(C)[C@@H]3OC(CN4CCOCC4)O[C@@H]3C3=C(C)[C@@H](OC(=O)[C@H](O)[C@@H](NC(=O)OC(C)(C)C)c4ccccc4)C[C@@](O)([C@@H](OC(=O)c4ccccc4)[C@H]21)C3(C)C. The Kier molecular flexibility index (Phi) is 13.0. The number of carbonyl (C=O) groups is 4. The Morgan fingerprint density at radius 2 is 1.61 bits per heavy atom. The lowest BCUT2D eigenvalue weighted by Crippen LogP contribution is -2.82. The number of rotatable bonds is 10. The number of carbonyl (C=O) groups excluding carboxylic acids is 4. The largest absolute Gasteiger partial charge is 0.456 e. The molecular weight excluding hydrogens is 857 g/mol. The number of ether oxygens (including phenoxy) is 8. The Morgan fingerprint density at radius 3 is 2.21 bits per heavy atom. The first-order chi connectivity index (χ1) is 31.1. The Bertz CT molecular complexity index is 2170. The van der Waals surface area contributed by atoms with Gasteiger partial charge in [-0.15, -0.1) is 0 Å². The van der Waals surface area contributed by atoms with E-state index >= 15 is 0 Å². The van der Waals surface area contributed by atoms with Crippen molar-refractivity contribution in [1.82, 2.24) is 10.2 Å². The van der Waals surface area contributed by atoms with Gasteiger partial charge in [0.05, 0.1) is 49.6 Å². The highest BCUT2D eigenvalue weighted by molar-refractivity contribution is 5.89. The van der Waals surface area contributed by atoms with Crippen LogP contribution in [0.3, 0.4) is 0 Å². The molecule has 3 saturated heterocycles. The molecule has 17 nitrogen and oxygen atoms in total. The number of hydrogen-bond acceptors (Lipinski definition) is 16. The van der Waals surface area contributed by atoms with Gasteiger partial charge in [-0.05, 0) is 56.5 Å². The van der Waals surface area contributed by atoms with Gasteiger partial charge in [0, 0.05) is 50.2 Å². The van der Waals surface area contributed by atoms with Crippen molar-refractivity contribution in [2.24, 2.45) is 16.7 Å². The molecule has 4 N–H and O–H groups in total. The number of aliphatic hydroxyl groups is 3. The fourth-order valence-corrected chi connectivity index (χ4v) is 11.5. The van der Waals surface area contributed by atoms with Crippen molar-refractivity contribution in [2.75, 3.05) is 39.5 Å². The van der Waals surface area contributed by atoms with E-state index in [0.29, 0.717) is 49.6 Å². The van der Waals surface area contributed by atoms with E-state index in [0.717, 1.165) is 0 Å². The van der Waals surface area contributed by atoms with E-state index in [1.54, 1.807) is 109 Å². The number of esters is 3. The maximum atomic E-state index is 14.5. The molecule has 1 unspecified atom stereocenters. The number of amides is 1. The summed E-state index contributed by atoms with van der Waals surface area (Å²) in [7, 11) is 0. The standard InChI is InChI=1S/C49H64N2O15/c1-27-31(61-43(56)37(54)36(29-15-11-9-12-16-29)50-44(57)66-45(3,4)5)24-49(58)41(64-42(55)30-17-13-10-14-18-30)39-47(8,32(53)23-33-48(39,26-60-33)65-28(2)52)40-38(35(27)46(49,6)7)62-34(63-40)25-51-19-21-59-22-20-51/h9-18,31-34,36-41,53-54,58H,19-26H2,1-8H3,(H,50,57)/t31-,32-,33+,34?,36-,37+,38+,39-,40+,41-,47+,48-,49+/m0/s1. The Hall–Kier alpha value is -4.46. The third-order valence-electron chi connectivity index (χ3n) is 14.8. The minimum atomic E-state index is -2.19. The number of hydrogen-bond donors (Lipinski definition) is 4. The first kappa shape index (κ1) is 48.0. The molecule has 2 aromatic carbocycles. The van der Waals surface area contributed by atoms with Gasteiger partial charge in [0.15, 0.2) is 18.0 Å². The average molecular weight is 921 g/mol. The summed E-state index contributed by atoms with van der Waals surface area (Å²) in [5, 5.41) is 41.0. The van der Waals surface area contributed by atoms with Crippen molar-refractivity contribution in [1.29, 1.82) is 0 Å². The van der Waals surface area contributed by atoms with Crippen LogP contribution in [-0.4, -0.2) is 149 Å². The predicted molar refractivity (Wildman–Crippen MR) is 233 cm³/mol. The van der Waals surface area contributed by atoms with Crippen molar-refractivity contribution in [3.63, 3.8) is 0 Å². The van der Waals surface area contributed by atoms with Gasteiger partial charge in [-0.1, -0.05) is 69.3 Å². The highest BCUT2D eigenvalue weighted by Crippen LogP contribution is 2.66. The molecule has 2 bridgehead atoms. The van der Waals surface area contributed by atoms with Gasteiger partial charge >= 0.3 is 24.0 Å². The minimum Gasteiger partial charge on any atom is -0.456 e. The monoisotopic (exact) mass is 920 g/mol. The molecule has 13 atom stereocenters. The second-order valence-corrected chi connectivity index (χ2v) is 20.3. The topological polar surface area (TPSA) is 218 Å². The number of benzene rings is 2. The third-order valence-corrected chi connectivity index (χ3v) is 14.8. The van der Waals surface area contributed by atoms with E-state index in [9.17, 15) is 34.5 Å². The summed E-state index contributed by atoms with van der Waals surface area (Å²) in [5.74, 6) is -3.80. The molecule has 0 spiro atoms. The lowest BCUT2D eigenvalue weighted by atomic mass is 9.44. The van der Waals surface area contributed by atoms with E-state index in [2.05, 4.69) is 10.2 Å². The van der Waals surface area contributed by atoms with Crippen molar-refractivity contribution in [3.05, 3.63) is 82.9 Å². The minimum absolute atomic E-state index is 0.0260. The number of nitrogens with one attached hydrogen (secondary N) is 1. The van der Waals surface area contributed by atoms with Crippen LogP contribution in [0, 0.1) is 16.7 Å². The summed E-state index contributed by atoms with van der Waals surface area (Å²) in [4.78, 5) is 57.6. The molecule has 2 saturated carbocycles. The molecule has 17 heteroatoms. The van der Waals surface area contributed by atoms with Crippen LogP contribution in [0.5, 0.6) is 0 Å². The summed E-state index contributed by atoms with van der Waals surface area (Å²) in [5.41, 5.74) is -5.96. The first-order valence-electron chi connectivity index (χ1n) is 22.8. The normalized spacial score (nSPS) is 35.8. The zero-order chi connectivity index (χ0) is 47.6. The van der Waals surface area contributed by atoms with E-state index in [-0.39, 0.29) is 18.6 Å². The van der Waals surface area contributed by atoms with Gasteiger partial charge in [0.25, 0.3) is 0 Å². The maximum Gasteiger partial charge on any atom is 0.408 e. The number of alkyl carbamates (subject to hydrolysis) is 1. The molecule has 5 fully saturated rings. The van der Waals surface area contributed by atoms with Gasteiger partial charge in [-0.25, -0.2) is 14.4 Å². The Balaban J connectivity index is 1.28. The number of aliphatic hydroxyl groups excluding tert-OH is 2. The van der Waals surface area contributed by atoms with Crippen LogP contribution in [0.25, 0.3) is 0 Å². The molecule has 1 amide bonds. The molecule has 66 heavy (non-hydrogen) atoms. The fourth-order valence-electron chi connectivity index (χ4n) is 11.5. The molecule has 8 rings (SSSR count). The van der Waals surface area contributed by atoms with Gasteiger partial charge in [-0.2, -0.15) is 0 Å². The lowest BCUT2D eigenvalue weighted by molar-refractivity contribution is -0.362. The summed E-state index contributed by atoms with van der Waals surface area (Å²) < 4.78 is 50.4. The molecular formula is C49H64N2O15. The average Bonchev–Trinajstić information content (AvgIpc) is 3.67. The van der Waals surface area contributed by atoms with E-state index in [1.165, 1.54) is 6.92 Å². The van der Waals surface area contributed by atoms with E-state index in [1.807, 2.05) is 0 Å². The molecule has 0 radical (unpaired) electrons. The second-order valence-electron chi connectivity index (χ2n) is 20.3. The van der Waals surface area contributed by atoms with Gasteiger partial charge in [0.1, 0.15) is 35.6 Å². The molecule has 0 aromatic heterocycles. The number of morpholine rings is 1. The molecule has 6 aliphatic rings. The zero-order valence-electron chi connectivity index (χ0n) is 38.9. The van der Waals surface area contributed by atoms with Crippen molar-refractivity contribution < 1.29 is 72.4 Å². The zero-order valence-corrected chi connectivity index (χ0v) is 38.9. The van der Waals surface area contributed by atoms with Crippen LogP contribution in [0.1, 0.15) is 90.2 Å².